The Morgan fingerprint density at radius 3 is 2.63 bits per heavy atom. The highest BCUT2D eigenvalue weighted by Gasteiger charge is 2.24. The second-order valence-electron chi connectivity index (χ2n) is 5.55. The summed E-state index contributed by atoms with van der Waals surface area (Å²) in [5, 5.41) is 7.45. The Kier molecular flexibility index (Phi) is 4.39. The summed E-state index contributed by atoms with van der Waals surface area (Å²) >= 11 is 0. The maximum Gasteiger partial charge on any atom is 0.194 e. The lowest BCUT2D eigenvalue weighted by molar-refractivity contribution is 0.208. The fraction of sp³-hybridized carbons (Fsp3) is 0.769. The van der Waals surface area contributed by atoms with Crippen molar-refractivity contribution in [2.45, 2.75) is 26.8 Å². The molecule has 0 aromatic carbocycles. The third kappa shape index (κ3) is 3.45. The summed E-state index contributed by atoms with van der Waals surface area (Å²) in [5.41, 5.74) is 0. The Morgan fingerprint density at radius 2 is 2.11 bits per heavy atom. The maximum atomic E-state index is 4.38. The Labute approximate surface area is 114 Å². The highest BCUT2D eigenvalue weighted by atomic mass is 15.3. The van der Waals surface area contributed by atoms with Gasteiger partial charge in [0.2, 0.25) is 0 Å². The standard InChI is InChI=1S/C13H24N6/c1-10-5-11(2)8-19(7-10)13(14-3)15-6-12-16-9-17-18(12)4/h9-11H,5-8H2,1-4H3,(H,14,15). The third-order valence-corrected chi connectivity index (χ3v) is 3.59. The van der Waals surface area contributed by atoms with Gasteiger partial charge < -0.3 is 10.2 Å². The van der Waals surface area contributed by atoms with Crippen molar-refractivity contribution >= 4 is 5.96 Å². The van der Waals surface area contributed by atoms with E-state index in [2.05, 4.69) is 39.1 Å². The number of nitrogens with one attached hydrogen (secondary N) is 1. The molecule has 2 atom stereocenters. The monoisotopic (exact) mass is 264 g/mol. The summed E-state index contributed by atoms with van der Waals surface area (Å²) in [6, 6.07) is 0. The molecule has 1 N–H and O–H groups in total. The molecular weight excluding hydrogens is 240 g/mol. The molecule has 1 aromatic heterocycles. The lowest BCUT2D eigenvalue weighted by Gasteiger charge is -2.37. The van der Waals surface area contributed by atoms with Crippen LogP contribution in [0.4, 0.5) is 0 Å². The summed E-state index contributed by atoms with van der Waals surface area (Å²) in [6.45, 7) is 7.41. The molecule has 0 spiro atoms. The molecule has 6 nitrogen and oxygen atoms in total. The molecule has 1 fully saturated rings. The van der Waals surface area contributed by atoms with Crippen molar-refractivity contribution < 1.29 is 0 Å². The number of aliphatic imine (C=N–C) groups is 1. The van der Waals surface area contributed by atoms with E-state index in [1.54, 1.807) is 11.0 Å². The predicted octanol–water partition coefficient (Wildman–Crippen LogP) is 0.868. The minimum Gasteiger partial charge on any atom is -0.349 e. The van der Waals surface area contributed by atoms with E-state index in [9.17, 15) is 0 Å². The first kappa shape index (κ1) is 13.8. The summed E-state index contributed by atoms with van der Waals surface area (Å²) in [4.78, 5) is 10.9. The number of guanidine groups is 1. The number of nitrogens with zero attached hydrogens (tertiary/aromatic N) is 5. The van der Waals surface area contributed by atoms with E-state index >= 15 is 0 Å². The molecule has 1 aliphatic heterocycles. The van der Waals surface area contributed by atoms with Crippen LogP contribution in [0.5, 0.6) is 0 Å². The van der Waals surface area contributed by atoms with E-state index in [0.717, 1.165) is 36.7 Å². The van der Waals surface area contributed by atoms with E-state index in [1.807, 2.05) is 14.1 Å². The van der Waals surface area contributed by atoms with Gasteiger partial charge in [-0.15, -0.1) is 0 Å². The largest absolute Gasteiger partial charge is 0.349 e. The number of aromatic nitrogens is 3. The first-order valence-electron chi connectivity index (χ1n) is 6.88. The minimum atomic E-state index is 0.655. The van der Waals surface area contributed by atoms with Crippen LogP contribution in [0, 0.1) is 11.8 Å². The Hall–Kier alpha value is -1.59. The highest BCUT2D eigenvalue weighted by Crippen LogP contribution is 2.20. The molecule has 19 heavy (non-hydrogen) atoms. The van der Waals surface area contributed by atoms with Gasteiger partial charge in [0.05, 0.1) is 6.54 Å². The quantitative estimate of drug-likeness (QED) is 0.636. The van der Waals surface area contributed by atoms with Crippen molar-refractivity contribution in [3.8, 4) is 0 Å². The zero-order chi connectivity index (χ0) is 13.8. The Balaban J connectivity index is 1.95. The average molecular weight is 264 g/mol. The second kappa shape index (κ2) is 6.04. The van der Waals surface area contributed by atoms with Crippen LogP contribution in [0.2, 0.25) is 0 Å². The lowest BCUT2D eigenvalue weighted by atomic mass is 9.92. The van der Waals surface area contributed by atoms with Crippen molar-refractivity contribution in [1.82, 2.24) is 25.0 Å². The van der Waals surface area contributed by atoms with Crippen LogP contribution in [0.15, 0.2) is 11.3 Å². The molecule has 2 heterocycles. The molecule has 2 unspecified atom stereocenters. The third-order valence-electron chi connectivity index (χ3n) is 3.59. The number of piperidine rings is 1. The first-order chi connectivity index (χ1) is 9.10. The van der Waals surface area contributed by atoms with Crippen LogP contribution in [0.1, 0.15) is 26.1 Å². The maximum absolute atomic E-state index is 4.38. The van der Waals surface area contributed by atoms with Gasteiger partial charge >= 0.3 is 0 Å². The highest BCUT2D eigenvalue weighted by molar-refractivity contribution is 5.79. The zero-order valence-electron chi connectivity index (χ0n) is 12.3. The van der Waals surface area contributed by atoms with Crippen LogP contribution in [0.25, 0.3) is 0 Å². The Morgan fingerprint density at radius 1 is 1.42 bits per heavy atom. The number of likely N-dealkylation sites (tertiary alicyclic amines) is 1. The van der Waals surface area contributed by atoms with Crippen molar-refractivity contribution in [2.24, 2.45) is 23.9 Å². The number of aryl methyl sites for hydroxylation is 1. The van der Waals surface area contributed by atoms with Gasteiger partial charge in [0.1, 0.15) is 12.2 Å². The van der Waals surface area contributed by atoms with E-state index < -0.39 is 0 Å². The summed E-state index contributed by atoms with van der Waals surface area (Å²) in [5.74, 6) is 3.31. The summed E-state index contributed by atoms with van der Waals surface area (Å²) in [7, 11) is 3.74. The van der Waals surface area contributed by atoms with Gasteiger partial charge in [-0.1, -0.05) is 13.8 Å². The van der Waals surface area contributed by atoms with Gasteiger partial charge in [-0.3, -0.25) is 9.67 Å². The van der Waals surface area contributed by atoms with E-state index in [-0.39, 0.29) is 0 Å². The van der Waals surface area contributed by atoms with E-state index in [4.69, 9.17) is 0 Å². The van der Waals surface area contributed by atoms with Gasteiger partial charge in [-0.25, -0.2) is 4.98 Å². The molecule has 0 amide bonds. The van der Waals surface area contributed by atoms with Crippen molar-refractivity contribution in [3.05, 3.63) is 12.2 Å². The van der Waals surface area contributed by atoms with Gasteiger partial charge in [0.15, 0.2) is 5.96 Å². The normalized spacial score (nSPS) is 24.6. The zero-order valence-corrected chi connectivity index (χ0v) is 12.3. The van der Waals surface area contributed by atoms with Crippen molar-refractivity contribution in [3.63, 3.8) is 0 Å². The number of hydrogen-bond donors (Lipinski definition) is 1. The lowest BCUT2D eigenvalue weighted by Crippen LogP contribution is -2.48. The molecule has 1 aromatic rings. The fourth-order valence-corrected chi connectivity index (χ4v) is 2.81. The summed E-state index contributed by atoms with van der Waals surface area (Å²) < 4.78 is 1.78. The topological polar surface area (TPSA) is 58.3 Å². The van der Waals surface area contributed by atoms with Crippen LogP contribution in [-0.4, -0.2) is 45.8 Å². The second-order valence-corrected chi connectivity index (χ2v) is 5.55. The van der Waals surface area contributed by atoms with Crippen LogP contribution in [-0.2, 0) is 13.6 Å². The van der Waals surface area contributed by atoms with E-state index in [0.29, 0.717) is 6.54 Å². The first-order valence-corrected chi connectivity index (χ1v) is 6.88. The SMILES string of the molecule is CN=C(NCc1ncnn1C)N1CC(C)CC(C)C1. The molecule has 0 aliphatic carbocycles. The summed E-state index contributed by atoms with van der Waals surface area (Å²) in [6.07, 6.45) is 2.88. The van der Waals surface area contributed by atoms with Crippen LogP contribution < -0.4 is 5.32 Å². The molecule has 1 saturated heterocycles. The smallest absolute Gasteiger partial charge is 0.194 e. The van der Waals surface area contributed by atoms with Gasteiger partial charge in [0, 0.05) is 27.2 Å². The molecule has 0 radical (unpaired) electrons. The number of rotatable bonds is 2. The average Bonchev–Trinajstić information content (AvgIpc) is 2.75. The van der Waals surface area contributed by atoms with Gasteiger partial charge in [-0.05, 0) is 18.3 Å². The fourth-order valence-electron chi connectivity index (χ4n) is 2.81. The van der Waals surface area contributed by atoms with Crippen LogP contribution >= 0.6 is 0 Å². The molecular formula is C13H24N6. The number of hydrogen-bond acceptors (Lipinski definition) is 3. The molecule has 2 rings (SSSR count). The van der Waals surface area contributed by atoms with Crippen molar-refractivity contribution in [2.75, 3.05) is 20.1 Å². The van der Waals surface area contributed by atoms with E-state index in [1.165, 1.54) is 6.42 Å². The van der Waals surface area contributed by atoms with Gasteiger partial charge in [0.25, 0.3) is 0 Å². The van der Waals surface area contributed by atoms with Gasteiger partial charge in [-0.2, -0.15) is 5.10 Å². The molecule has 106 valence electrons. The minimum absolute atomic E-state index is 0.655. The Bertz CT molecular complexity index is 428. The predicted molar refractivity (Wildman–Crippen MR) is 75.7 cm³/mol. The molecule has 0 bridgehead atoms. The molecule has 6 heteroatoms. The van der Waals surface area contributed by atoms with Crippen LogP contribution in [0.3, 0.4) is 0 Å². The van der Waals surface area contributed by atoms with Crippen molar-refractivity contribution in [1.29, 1.82) is 0 Å². The molecule has 0 saturated carbocycles. The molecule has 1 aliphatic rings.